The van der Waals surface area contributed by atoms with Gasteiger partial charge in [0.05, 0.1) is 0 Å². The molecule has 4 nitrogen and oxygen atoms in total. The molecule has 0 N–H and O–H groups in total. The second-order valence-electron chi connectivity index (χ2n) is 5.96. The van der Waals surface area contributed by atoms with E-state index < -0.39 is 0 Å². The second-order valence-corrected chi connectivity index (χ2v) is 5.96. The molecule has 0 aliphatic carbocycles. The number of hydrogen-bond acceptors (Lipinski definition) is 2. The number of amides is 2. The Balaban J connectivity index is 1.52. The van der Waals surface area contributed by atoms with Gasteiger partial charge in [0, 0.05) is 32.2 Å². The standard InChI is InChI=1S/C14H25N3O/c18-14(16-9-4-5-10-16)17-11-6-13(12-17)15-7-2-1-3-8-15/h13H,1-12H2. The molecule has 1 unspecified atom stereocenters. The summed E-state index contributed by atoms with van der Waals surface area (Å²) < 4.78 is 0. The molecule has 3 aliphatic rings. The van der Waals surface area contributed by atoms with E-state index in [0.717, 1.165) is 26.2 Å². The van der Waals surface area contributed by atoms with Gasteiger partial charge in [0.15, 0.2) is 0 Å². The van der Waals surface area contributed by atoms with E-state index in [0.29, 0.717) is 12.1 Å². The van der Waals surface area contributed by atoms with Gasteiger partial charge in [-0.15, -0.1) is 0 Å². The van der Waals surface area contributed by atoms with Gasteiger partial charge < -0.3 is 9.80 Å². The van der Waals surface area contributed by atoms with Crippen LogP contribution in [0.5, 0.6) is 0 Å². The lowest BCUT2D eigenvalue weighted by molar-refractivity contribution is 0.150. The van der Waals surface area contributed by atoms with Gasteiger partial charge in [0.25, 0.3) is 0 Å². The maximum Gasteiger partial charge on any atom is 0.320 e. The summed E-state index contributed by atoms with van der Waals surface area (Å²) in [5.41, 5.74) is 0. The lowest BCUT2D eigenvalue weighted by atomic mass is 10.1. The summed E-state index contributed by atoms with van der Waals surface area (Å²) in [6.45, 7) is 6.38. The first kappa shape index (κ1) is 12.3. The molecule has 0 radical (unpaired) electrons. The molecular formula is C14H25N3O. The molecule has 3 rings (SSSR count). The molecule has 3 heterocycles. The minimum Gasteiger partial charge on any atom is -0.325 e. The van der Waals surface area contributed by atoms with E-state index in [1.54, 1.807) is 0 Å². The van der Waals surface area contributed by atoms with Gasteiger partial charge in [-0.05, 0) is 45.2 Å². The number of carbonyl (C=O) groups excluding carboxylic acids is 1. The summed E-state index contributed by atoms with van der Waals surface area (Å²) in [5, 5.41) is 0. The predicted molar refractivity (Wildman–Crippen MR) is 71.6 cm³/mol. The summed E-state index contributed by atoms with van der Waals surface area (Å²) in [4.78, 5) is 19.0. The SMILES string of the molecule is O=C(N1CCCC1)N1CCC(N2CCCCC2)C1. The van der Waals surface area contributed by atoms with Crippen LogP contribution in [0.15, 0.2) is 0 Å². The van der Waals surface area contributed by atoms with Crippen LogP contribution >= 0.6 is 0 Å². The summed E-state index contributed by atoms with van der Waals surface area (Å²) in [5.74, 6) is 0. The van der Waals surface area contributed by atoms with Crippen LogP contribution in [0, 0.1) is 0 Å². The highest BCUT2D eigenvalue weighted by Crippen LogP contribution is 2.22. The molecule has 0 aromatic heterocycles. The molecule has 3 fully saturated rings. The first-order valence-corrected chi connectivity index (χ1v) is 7.62. The van der Waals surface area contributed by atoms with Crippen LogP contribution < -0.4 is 0 Å². The number of nitrogens with zero attached hydrogens (tertiary/aromatic N) is 3. The highest BCUT2D eigenvalue weighted by molar-refractivity contribution is 5.75. The fraction of sp³-hybridized carbons (Fsp3) is 0.929. The topological polar surface area (TPSA) is 26.8 Å². The van der Waals surface area contributed by atoms with Crippen molar-refractivity contribution in [1.82, 2.24) is 14.7 Å². The normalized spacial score (nSPS) is 30.1. The summed E-state index contributed by atoms with van der Waals surface area (Å²) in [7, 11) is 0. The van der Waals surface area contributed by atoms with Gasteiger partial charge in [-0.25, -0.2) is 4.79 Å². The van der Waals surface area contributed by atoms with Crippen LogP contribution in [-0.4, -0.2) is 66.0 Å². The van der Waals surface area contributed by atoms with Crippen LogP contribution in [0.2, 0.25) is 0 Å². The van der Waals surface area contributed by atoms with Crippen LogP contribution in [0.25, 0.3) is 0 Å². The number of rotatable bonds is 1. The van der Waals surface area contributed by atoms with E-state index in [1.807, 2.05) is 4.90 Å². The average Bonchev–Trinajstić information content (AvgIpc) is 3.10. The highest BCUT2D eigenvalue weighted by Gasteiger charge is 2.33. The molecular weight excluding hydrogens is 226 g/mol. The van der Waals surface area contributed by atoms with Crippen molar-refractivity contribution in [2.75, 3.05) is 39.3 Å². The number of urea groups is 1. The van der Waals surface area contributed by atoms with E-state index in [4.69, 9.17) is 0 Å². The molecule has 2 amide bonds. The Bertz CT molecular complexity index is 295. The number of likely N-dealkylation sites (tertiary alicyclic amines) is 3. The molecule has 3 aliphatic heterocycles. The number of carbonyl (C=O) groups is 1. The average molecular weight is 251 g/mol. The number of piperidine rings is 1. The quantitative estimate of drug-likeness (QED) is 0.710. The van der Waals surface area contributed by atoms with Crippen LogP contribution in [0.1, 0.15) is 38.5 Å². The van der Waals surface area contributed by atoms with Crippen molar-refractivity contribution in [2.45, 2.75) is 44.6 Å². The fourth-order valence-corrected chi connectivity index (χ4v) is 3.61. The molecule has 0 spiro atoms. The minimum absolute atomic E-state index is 0.298. The monoisotopic (exact) mass is 251 g/mol. The zero-order chi connectivity index (χ0) is 12.4. The Kier molecular flexibility index (Phi) is 3.73. The van der Waals surface area contributed by atoms with E-state index >= 15 is 0 Å². The molecule has 0 bridgehead atoms. The Morgan fingerprint density at radius 2 is 1.44 bits per heavy atom. The second kappa shape index (κ2) is 5.47. The van der Waals surface area contributed by atoms with Crippen LogP contribution in [-0.2, 0) is 0 Å². The molecule has 1 atom stereocenters. The van der Waals surface area contributed by atoms with Gasteiger partial charge in [-0.3, -0.25) is 4.90 Å². The lowest BCUT2D eigenvalue weighted by Gasteiger charge is -2.32. The van der Waals surface area contributed by atoms with Gasteiger partial charge in [0.1, 0.15) is 0 Å². The first-order valence-electron chi connectivity index (χ1n) is 7.62. The molecule has 0 aromatic rings. The first-order chi connectivity index (χ1) is 8.84. The van der Waals surface area contributed by atoms with E-state index in [9.17, 15) is 4.79 Å². The Morgan fingerprint density at radius 3 is 2.17 bits per heavy atom. The van der Waals surface area contributed by atoms with E-state index in [-0.39, 0.29) is 0 Å². The van der Waals surface area contributed by atoms with Crippen molar-refractivity contribution in [3.8, 4) is 0 Å². The van der Waals surface area contributed by atoms with E-state index in [1.165, 1.54) is 51.6 Å². The maximum atomic E-state index is 12.3. The van der Waals surface area contributed by atoms with Crippen molar-refractivity contribution in [3.63, 3.8) is 0 Å². The van der Waals surface area contributed by atoms with Crippen LogP contribution in [0.4, 0.5) is 4.79 Å². The van der Waals surface area contributed by atoms with Gasteiger partial charge >= 0.3 is 6.03 Å². The third kappa shape index (κ3) is 2.48. The summed E-state index contributed by atoms with van der Waals surface area (Å²) in [6.07, 6.45) is 7.64. The molecule has 3 saturated heterocycles. The van der Waals surface area contributed by atoms with Gasteiger partial charge in [0.2, 0.25) is 0 Å². The van der Waals surface area contributed by atoms with Crippen molar-refractivity contribution in [3.05, 3.63) is 0 Å². The highest BCUT2D eigenvalue weighted by atomic mass is 16.2. The third-order valence-corrected chi connectivity index (χ3v) is 4.72. The summed E-state index contributed by atoms with van der Waals surface area (Å²) in [6, 6.07) is 0.934. The Hall–Kier alpha value is -0.770. The van der Waals surface area contributed by atoms with Crippen molar-refractivity contribution >= 4 is 6.03 Å². The predicted octanol–water partition coefficient (Wildman–Crippen LogP) is 1.76. The molecule has 0 aromatic carbocycles. The smallest absolute Gasteiger partial charge is 0.320 e. The largest absolute Gasteiger partial charge is 0.325 e. The van der Waals surface area contributed by atoms with E-state index in [2.05, 4.69) is 9.80 Å². The lowest BCUT2D eigenvalue weighted by Crippen LogP contribution is -2.44. The Labute approximate surface area is 110 Å². The molecule has 4 heteroatoms. The van der Waals surface area contributed by atoms with Crippen molar-refractivity contribution in [2.24, 2.45) is 0 Å². The Morgan fingerprint density at radius 1 is 0.778 bits per heavy atom. The molecule has 18 heavy (non-hydrogen) atoms. The third-order valence-electron chi connectivity index (χ3n) is 4.72. The van der Waals surface area contributed by atoms with Crippen molar-refractivity contribution < 1.29 is 4.79 Å². The van der Waals surface area contributed by atoms with Gasteiger partial charge in [-0.1, -0.05) is 6.42 Å². The minimum atomic E-state index is 0.298. The fourth-order valence-electron chi connectivity index (χ4n) is 3.61. The van der Waals surface area contributed by atoms with Gasteiger partial charge in [-0.2, -0.15) is 0 Å². The molecule has 102 valence electrons. The molecule has 0 saturated carbocycles. The van der Waals surface area contributed by atoms with Crippen molar-refractivity contribution in [1.29, 1.82) is 0 Å². The zero-order valence-corrected chi connectivity index (χ0v) is 11.3. The zero-order valence-electron chi connectivity index (χ0n) is 11.3. The van der Waals surface area contributed by atoms with Crippen LogP contribution in [0.3, 0.4) is 0 Å². The maximum absolute atomic E-state index is 12.3. The summed E-state index contributed by atoms with van der Waals surface area (Å²) >= 11 is 0. The number of hydrogen-bond donors (Lipinski definition) is 0.